The predicted molar refractivity (Wildman–Crippen MR) is 80.5 cm³/mol. The van der Waals surface area contributed by atoms with Gasteiger partial charge in [0.05, 0.1) is 0 Å². The van der Waals surface area contributed by atoms with E-state index in [0.29, 0.717) is 12.0 Å². The lowest BCUT2D eigenvalue weighted by molar-refractivity contribution is -0.00714. The van der Waals surface area contributed by atoms with Crippen molar-refractivity contribution in [3.8, 4) is 0 Å². The van der Waals surface area contributed by atoms with Gasteiger partial charge in [0.15, 0.2) is 0 Å². The fourth-order valence-corrected chi connectivity index (χ4v) is 3.51. The minimum absolute atomic E-state index is 0.149. The van der Waals surface area contributed by atoms with Gasteiger partial charge >= 0.3 is 0 Å². The molecule has 3 heteroatoms. The van der Waals surface area contributed by atoms with Crippen LogP contribution in [0.3, 0.4) is 0 Å². The second-order valence-electron chi connectivity index (χ2n) is 5.75. The topological polar surface area (TPSA) is 33.1 Å². The molecule has 0 amide bonds. The molecule has 1 heterocycles. The number of aliphatic hydroxyl groups is 1. The summed E-state index contributed by atoms with van der Waals surface area (Å²) >= 11 is 0. The smallest absolute Gasteiger partial charge is 0.129 e. The number of halogens is 1. The van der Waals surface area contributed by atoms with Crippen molar-refractivity contribution in [3.63, 3.8) is 0 Å². The van der Waals surface area contributed by atoms with Gasteiger partial charge in [-0.3, -0.25) is 4.98 Å². The first-order valence-corrected chi connectivity index (χ1v) is 7.58. The molecule has 1 aromatic carbocycles. The standard InChI is InChI=1S/C18H20FNO/c1-2-18(21,14-9-3-4-11-16(14)19)15-10-5-7-13-8-6-12-20-17(13)15/h3-4,6,8-9,11-12,15,21H,2,5,7,10H2,1H3. The normalized spacial score (nSPS) is 20.6. The largest absolute Gasteiger partial charge is 0.384 e. The fourth-order valence-electron chi connectivity index (χ4n) is 3.51. The highest BCUT2D eigenvalue weighted by Crippen LogP contribution is 2.45. The Hall–Kier alpha value is -1.74. The van der Waals surface area contributed by atoms with Crippen molar-refractivity contribution in [2.24, 2.45) is 0 Å². The molecular formula is C18H20FNO. The molecule has 2 unspecified atom stereocenters. The number of nitrogens with zero attached hydrogens (tertiary/aromatic N) is 1. The third-order valence-electron chi connectivity index (χ3n) is 4.65. The molecule has 110 valence electrons. The van der Waals surface area contributed by atoms with Gasteiger partial charge in [0.2, 0.25) is 0 Å². The van der Waals surface area contributed by atoms with Crippen LogP contribution in [0, 0.1) is 5.82 Å². The summed E-state index contributed by atoms with van der Waals surface area (Å²) in [6, 6.07) is 10.5. The van der Waals surface area contributed by atoms with Gasteiger partial charge in [0.25, 0.3) is 0 Å². The van der Waals surface area contributed by atoms with Gasteiger partial charge in [0.1, 0.15) is 11.4 Å². The van der Waals surface area contributed by atoms with Crippen molar-refractivity contribution in [2.75, 3.05) is 0 Å². The van der Waals surface area contributed by atoms with Gasteiger partial charge in [-0.15, -0.1) is 0 Å². The Morgan fingerprint density at radius 2 is 2.10 bits per heavy atom. The summed E-state index contributed by atoms with van der Waals surface area (Å²) in [4.78, 5) is 4.49. The summed E-state index contributed by atoms with van der Waals surface area (Å²) in [6.45, 7) is 1.91. The van der Waals surface area contributed by atoms with E-state index in [4.69, 9.17) is 0 Å². The van der Waals surface area contributed by atoms with Crippen LogP contribution in [-0.2, 0) is 12.0 Å². The third kappa shape index (κ3) is 2.36. The highest BCUT2D eigenvalue weighted by molar-refractivity contribution is 5.34. The highest BCUT2D eigenvalue weighted by Gasteiger charge is 2.42. The second kappa shape index (κ2) is 5.57. The number of pyridine rings is 1. The van der Waals surface area contributed by atoms with E-state index in [1.165, 1.54) is 11.6 Å². The Morgan fingerprint density at radius 3 is 2.86 bits per heavy atom. The van der Waals surface area contributed by atoms with Gasteiger partial charge < -0.3 is 5.11 Å². The van der Waals surface area contributed by atoms with Crippen LogP contribution >= 0.6 is 0 Å². The van der Waals surface area contributed by atoms with Gasteiger partial charge in [-0.05, 0) is 43.4 Å². The molecule has 2 nitrogen and oxygen atoms in total. The lowest BCUT2D eigenvalue weighted by Crippen LogP contribution is -2.36. The number of rotatable bonds is 3. The zero-order valence-electron chi connectivity index (χ0n) is 12.2. The van der Waals surface area contributed by atoms with Gasteiger partial charge in [-0.1, -0.05) is 31.2 Å². The molecule has 1 aliphatic rings. The Morgan fingerprint density at radius 1 is 1.29 bits per heavy atom. The number of hydrogen-bond donors (Lipinski definition) is 1. The maximum absolute atomic E-state index is 14.2. The molecule has 2 atom stereocenters. The van der Waals surface area contributed by atoms with Crippen LogP contribution in [0.5, 0.6) is 0 Å². The lowest BCUT2D eigenvalue weighted by Gasteiger charge is -2.39. The number of hydrogen-bond acceptors (Lipinski definition) is 2. The number of aromatic nitrogens is 1. The van der Waals surface area contributed by atoms with Crippen molar-refractivity contribution in [1.82, 2.24) is 4.98 Å². The number of aryl methyl sites for hydroxylation is 1. The van der Waals surface area contributed by atoms with Crippen molar-refractivity contribution < 1.29 is 9.50 Å². The Labute approximate surface area is 124 Å². The van der Waals surface area contributed by atoms with Crippen LogP contribution in [0.4, 0.5) is 4.39 Å². The first-order chi connectivity index (χ1) is 10.2. The Balaban J connectivity index is 2.11. The van der Waals surface area contributed by atoms with E-state index in [9.17, 15) is 9.50 Å². The molecule has 0 spiro atoms. The molecule has 2 aromatic rings. The molecule has 1 N–H and O–H groups in total. The van der Waals surface area contributed by atoms with Crippen molar-refractivity contribution >= 4 is 0 Å². The average molecular weight is 285 g/mol. The predicted octanol–water partition coefficient (Wildman–Crippen LogP) is 3.94. The van der Waals surface area contributed by atoms with Gasteiger partial charge in [-0.2, -0.15) is 0 Å². The quantitative estimate of drug-likeness (QED) is 0.926. The van der Waals surface area contributed by atoms with E-state index in [0.717, 1.165) is 25.0 Å². The average Bonchev–Trinajstić information content (AvgIpc) is 2.54. The third-order valence-corrected chi connectivity index (χ3v) is 4.65. The van der Waals surface area contributed by atoms with E-state index in [1.807, 2.05) is 13.0 Å². The molecule has 3 rings (SSSR count). The summed E-state index contributed by atoms with van der Waals surface area (Å²) in [7, 11) is 0. The van der Waals surface area contributed by atoms with Crippen LogP contribution in [0.25, 0.3) is 0 Å². The van der Waals surface area contributed by atoms with E-state index in [-0.39, 0.29) is 11.7 Å². The van der Waals surface area contributed by atoms with Crippen LogP contribution in [0.1, 0.15) is 48.9 Å². The van der Waals surface area contributed by atoms with Crippen LogP contribution in [0.2, 0.25) is 0 Å². The van der Waals surface area contributed by atoms with Crippen LogP contribution in [0.15, 0.2) is 42.6 Å². The maximum atomic E-state index is 14.2. The number of fused-ring (bicyclic) bond motifs is 1. The van der Waals surface area contributed by atoms with E-state index in [2.05, 4.69) is 11.1 Å². The zero-order valence-corrected chi connectivity index (χ0v) is 12.2. The van der Waals surface area contributed by atoms with Crippen molar-refractivity contribution in [2.45, 2.75) is 44.1 Å². The van der Waals surface area contributed by atoms with Crippen LogP contribution < -0.4 is 0 Å². The number of benzene rings is 1. The Bertz CT molecular complexity index is 643. The van der Waals surface area contributed by atoms with E-state index < -0.39 is 5.60 Å². The molecule has 0 aliphatic heterocycles. The fraction of sp³-hybridized carbons (Fsp3) is 0.389. The molecule has 1 aliphatic carbocycles. The second-order valence-corrected chi connectivity index (χ2v) is 5.75. The molecule has 0 radical (unpaired) electrons. The zero-order chi connectivity index (χ0) is 14.9. The minimum Gasteiger partial charge on any atom is -0.384 e. The van der Waals surface area contributed by atoms with Gasteiger partial charge in [0, 0.05) is 23.4 Å². The first-order valence-electron chi connectivity index (χ1n) is 7.58. The lowest BCUT2D eigenvalue weighted by atomic mass is 9.71. The molecule has 0 bridgehead atoms. The van der Waals surface area contributed by atoms with Crippen molar-refractivity contribution in [1.29, 1.82) is 0 Å². The monoisotopic (exact) mass is 285 g/mol. The van der Waals surface area contributed by atoms with Crippen LogP contribution in [-0.4, -0.2) is 10.1 Å². The Kier molecular flexibility index (Phi) is 3.77. The summed E-state index contributed by atoms with van der Waals surface area (Å²) < 4.78 is 14.2. The molecule has 0 fully saturated rings. The molecular weight excluding hydrogens is 265 g/mol. The maximum Gasteiger partial charge on any atom is 0.129 e. The van der Waals surface area contributed by atoms with E-state index >= 15 is 0 Å². The summed E-state index contributed by atoms with van der Waals surface area (Å²) in [5, 5.41) is 11.3. The van der Waals surface area contributed by atoms with Crippen molar-refractivity contribution in [3.05, 3.63) is 65.2 Å². The van der Waals surface area contributed by atoms with E-state index in [1.54, 1.807) is 24.4 Å². The van der Waals surface area contributed by atoms with Gasteiger partial charge in [-0.25, -0.2) is 4.39 Å². The molecule has 0 saturated heterocycles. The summed E-state index contributed by atoms with van der Waals surface area (Å²) in [5.41, 5.74) is 1.29. The SMILES string of the molecule is CCC(O)(c1ccccc1F)C1CCCc2cccnc21. The summed E-state index contributed by atoms with van der Waals surface area (Å²) in [6.07, 6.45) is 5.04. The first kappa shape index (κ1) is 14.2. The molecule has 1 aromatic heterocycles. The highest BCUT2D eigenvalue weighted by atomic mass is 19.1. The summed E-state index contributed by atoms with van der Waals surface area (Å²) in [5.74, 6) is -0.491. The molecule has 0 saturated carbocycles. The molecule has 21 heavy (non-hydrogen) atoms. The minimum atomic E-state index is -1.20.